The Morgan fingerprint density at radius 1 is 1.32 bits per heavy atom. The first-order chi connectivity index (χ1) is 10.5. The van der Waals surface area contributed by atoms with Gasteiger partial charge in [0.2, 0.25) is 0 Å². The summed E-state index contributed by atoms with van der Waals surface area (Å²) < 4.78 is 43.9. The van der Waals surface area contributed by atoms with Crippen LogP contribution >= 0.6 is 0 Å². The van der Waals surface area contributed by atoms with Gasteiger partial charge in [-0.1, -0.05) is 0 Å². The maximum atomic E-state index is 12.8. The van der Waals surface area contributed by atoms with Gasteiger partial charge in [0, 0.05) is 37.0 Å². The molecule has 0 amide bonds. The summed E-state index contributed by atoms with van der Waals surface area (Å²) in [4.78, 5) is 5.37. The Bertz CT molecular complexity index is 524. The third-order valence-corrected chi connectivity index (χ3v) is 4.52. The third-order valence-electron chi connectivity index (χ3n) is 4.52. The van der Waals surface area contributed by atoms with Crippen LogP contribution in [-0.4, -0.2) is 42.0 Å². The van der Waals surface area contributed by atoms with Gasteiger partial charge in [-0.3, -0.25) is 4.98 Å². The van der Waals surface area contributed by atoms with E-state index in [1.54, 1.807) is 6.07 Å². The van der Waals surface area contributed by atoms with Crippen molar-refractivity contribution in [1.29, 1.82) is 0 Å². The largest absolute Gasteiger partial charge is 0.433 e. The molecule has 0 bridgehead atoms. The number of ether oxygens (including phenoxy) is 1. The maximum absolute atomic E-state index is 12.8. The monoisotopic (exact) mass is 316 g/mol. The highest BCUT2D eigenvalue weighted by atomic mass is 19.4. The highest BCUT2D eigenvalue weighted by Gasteiger charge is 2.39. The molecule has 3 atom stereocenters. The van der Waals surface area contributed by atoms with Crippen LogP contribution in [0.4, 0.5) is 18.9 Å². The normalized spacial score (nSPS) is 29.8. The summed E-state index contributed by atoms with van der Waals surface area (Å²) in [5.74, 6) is -0.0567. The molecule has 0 spiro atoms. The molecule has 4 nitrogen and oxygen atoms in total. The Morgan fingerprint density at radius 3 is 2.86 bits per heavy atom. The van der Waals surface area contributed by atoms with Gasteiger partial charge in [-0.05, 0) is 31.4 Å². The van der Waals surface area contributed by atoms with Crippen LogP contribution in [0.25, 0.3) is 0 Å². The van der Waals surface area contributed by atoms with Crippen molar-refractivity contribution in [3.05, 3.63) is 24.0 Å². The van der Waals surface area contributed by atoms with Crippen molar-refractivity contribution in [3.63, 3.8) is 0 Å². The van der Waals surface area contributed by atoms with Crippen LogP contribution in [-0.2, 0) is 10.9 Å². The Labute approximate surface area is 126 Å². The Balaban J connectivity index is 1.84. The second-order valence-electron chi connectivity index (χ2n) is 5.89. The van der Waals surface area contributed by atoms with Crippen molar-refractivity contribution in [1.82, 2.24) is 4.98 Å². The first kappa shape index (κ1) is 15.6. The maximum Gasteiger partial charge on any atom is 0.433 e. The standard InChI is InChI=1S/C15H19F3N2O2/c16-15(17,18)14-8-10(3-5-19-14)20-6-1-2-12(20)11-9-22-7-4-13(11)21/h3,5,8,11-13,21H,1-2,4,6-7,9H2/t11-,12+,13-/m1/s1. The molecule has 122 valence electrons. The van der Waals surface area contributed by atoms with Crippen molar-refractivity contribution in [2.24, 2.45) is 5.92 Å². The Hall–Kier alpha value is -1.34. The molecule has 7 heteroatoms. The number of rotatable bonds is 2. The van der Waals surface area contributed by atoms with E-state index >= 15 is 0 Å². The lowest BCUT2D eigenvalue weighted by Crippen LogP contribution is -2.46. The molecule has 2 fully saturated rings. The van der Waals surface area contributed by atoms with Crippen LogP contribution in [0.5, 0.6) is 0 Å². The van der Waals surface area contributed by atoms with E-state index in [0.717, 1.165) is 18.9 Å². The van der Waals surface area contributed by atoms with Gasteiger partial charge in [0.15, 0.2) is 0 Å². The summed E-state index contributed by atoms with van der Waals surface area (Å²) >= 11 is 0. The van der Waals surface area contributed by atoms with E-state index in [1.807, 2.05) is 4.90 Å². The van der Waals surface area contributed by atoms with Gasteiger partial charge in [0.25, 0.3) is 0 Å². The molecule has 1 N–H and O–H groups in total. The zero-order chi connectivity index (χ0) is 15.7. The minimum atomic E-state index is -4.45. The van der Waals surface area contributed by atoms with Crippen LogP contribution in [0.15, 0.2) is 18.3 Å². The Kier molecular flexibility index (Phi) is 4.27. The first-order valence-electron chi connectivity index (χ1n) is 7.52. The van der Waals surface area contributed by atoms with Crippen LogP contribution in [0.2, 0.25) is 0 Å². The minimum absolute atomic E-state index is 0.0128. The van der Waals surface area contributed by atoms with Gasteiger partial charge in [-0.15, -0.1) is 0 Å². The number of halogens is 3. The number of alkyl halides is 3. The predicted octanol–water partition coefficient (Wildman–Crippen LogP) is 2.47. The van der Waals surface area contributed by atoms with E-state index in [2.05, 4.69) is 4.98 Å². The number of pyridine rings is 1. The molecule has 0 saturated carbocycles. The molecule has 3 heterocycles. The average molecular weight is 316 g/mol. The van der Waals surface area contributed by atoms with E-state index in [4.69, 9.17) is 4.74 Å². The van der Waals surface area contributed by atoms with Gasteiger partial charge in [-0.2, -0.15) is 13.2 Å². The number of aliphatic hydroxyl groups is 1. The number of hydrogen-bond acceptors (Lipinski definition) is 4. The molecule has 22 heavy (non-hydrogen) atoms. The molecule has 0 aromatic carbocycles. The molecule has 0 aliphatic carbocycles. The highest BCUT2D eigenvalue weighted by Crippen LogP contribution is 2.35. The molecule has 0 unspecified atom stereocenters. The highest BCUT2D eigenvalue weighted by molar-refractivity contribution is 5.49. The summed E-state index contributed by atoms with van der Waals surface area (Å²) in [5.41, 5.74) is -0.362. The zero-order valence-corrected chi connectivity index (χ0v) is 12.1. The van der Waals surface area contributed by atoms with E-state index in [9.17, 15) is 18.3 Å². The van der Waals surface area contributed by atoms with Gasteiger partial charge >= 0.3 is 6.18 Å². The lowest BCUT2D eigenvalue weighted by molar-refractivity contribution is -0.141. The van der Waals surface area contributed by atoms with Crippen LogP contribution < -0.4 is 4.90 Å². The third kappa shape index (κ3) is 3.05. The molecule has 2 aliphatic rings. The number of aliphatic hydroxyl groups excluding tert-OH is 1. The number of anilines is 1. The molecular formula is C15H19F3N2O2. The molecule has 2 aliphatic heterocycles. The van der Waals surface area contributed by atoms with Crippen molar-refractivity contribution >= 4 is 5.69 Å². The number of aromatic nitrogens is 1. The van der Waals surface area contributed by atoms with Crippen molar-refractivity contribution in [3.8, 4) is 0 Å². The van der Waals surface area contributed by atoms with Crippen LogP contribution in [0.3, 0.4) is 0 Å². The minimum Gasteiger partial charge on any atom is -0.393 e. The summed E-state index contributed by atoms with van der Waals surface area (Å²) in [6, 6.07) is 2.71. The molecule has 0 radical (unpaired) electrons. The summed E-state index contributed by atoms with van der Waals surface area (Å²) in [5, 5.41) is 10.2. The van der Waals surface area contributed by atoms with Crippen LogP contribution in [0.1, 0.15) is 25.0 Å². The van der Waals surface area contributed by atoms with E-state index in [1.165, 1.54) is 6.20 Å². The van der Waals surface area contributed by atoms with Gasteiger partial charge in [0.05, 0.1) is 12.7 Å². The predicted molar refractivity (Wildman–Crippen MR) is 74.5 cm³/mol. The van der Waals surface area contributed by atoms with Crippen molar-refractivity contribution in [2.75, 3.05) is 24.7 Å². The SMILES string of the molecule is O[C@@H]1CCOC[C@@H]1[C@@H]1CCCN1c1ccnc(C(F)(F)F)c1. The van der Waals surface area contributed by atoms with Gasteiger partial charge < -0.3 is 14.7 Å². The molecule has 1 aromatic rings. The lowest BCUT2D eigenvalue weighted by atomic mass is 9.89. The van der Waals surface area contributed by atoms with Gasteiger partial charge in [-0.25, -0.2) is 0 Å². The molecule has 3 rings (SSSR count). The van der Waals surface area contributed by atoms with E-state index in [-0.39, 0.29) is 12.0 Å². The molecule has 1 aromatic heterocycles. The van der Waals surface area contributed by atoms with E-state index < -0.39 is 18.0 Å². The fraction of sp³-hybridized carbons (Fsp3) is 0.667. The first-order valence-corrected chi connectivity index (χ1v) is 7.52. The second kappa shape index (κ2) is 6.04. The fourth-order valence-electron chi connectivity index (χ4n) is 3.43. The van der Waals surface area contributed by atoms with Crippen LogP contribution in [0, 0.1) is 5.92 Å². The number of nitrogens with zero attached hydrogens (tertiary/aromatic N) is 2. The summed E-state index contributed by atoms with van der Waals surface area (Å²) in [6.45, 7) is 1.69. The summed E-state index contributed by atoms with van der Waals surface area (Å²) in [7, 11) is 0. The fourth-order valence-corrected chi connectivity index (χ4v) is 3.43. The lowest BCUT2D eigenvalue weighted by Gasteiger charge is -2.38. The number of hydrogen-bond donors (Lipinski definition) is 1. The smallest absolute Gasteiger partial charge is 0.393 e. The average Bonchev–Trinajstić information content (AvgIpc) is 2.96. The summed E-state index contributed by atoms with van der Waals surface area (Å²) in [6.07, 6.45) is -1.37. The van der Waals surface area contributed by atoms with Crippen molar-refractivity contribution < 1.29 is 23.0 Å². The topological polar surface area (TPSA) is 45.6 Å². The van der Waals surface area contributed by atoms with Gasteiger partial charge in [0.1, 0.15) is 5.69 Å². The van der Waals surface area contributed by atoms with Crippen molar-refractivity contribution in [2.45, 2.75) is 37.6 Å². The second-order valence-corrected chi connectivity index (χ2v) is 5.89. The zero-order valence-electron chi connectivity index (χ0n) is 12.1. The Morgan fingerprint density at radius 2 is 2.14 bits per heavy atom. The molecule has 2 saturated heterocycles. The molecular weight excluding hydrogens is 297 g/mol. The quantitative estimate of drug-likeness (QED) is 0.910. The van der Waals surface area contributed by atoms with E-state index in [0.29, 0.717) is 31.9 Å².